The van der Waals surface area contributed by atoms with Crippen LogP contribution in [0.3, 0.4) is 0 Å². The summed E-state index contributed by atoms with van der Waals surface area (Å²) in [7, 11) is -9.99. The molecule has 0 spiro atoms. The predicted octanol–water partition coefficient (Wildman–Crippen LogP) is 22.7. The summed E-state index contributed by atoms with van der Waals surface area (Å²) < 4.78 is 68.4. The van der Waals surface area contributed by atoms with Gasteiger partial charge in [0.05, 0.1) is 26.4 Å². The number of aliphatic hydroxyl groups excluding tert-OH is 1. The molecule has 0 bridgehead atoms. The maximum atomic E-state index is 13.1. The summed E-state index contributed by atoms with van der Waals surface area (Å²) in [5, 5.41) is 10.6. The Balaban J connectivity index is 5.43. The smallest absolute Gasteiger partial charge is 0.462 e. The summed E-state index contributed by atoms with van der Waals surface area (Å²) in [6.07, 6.45) is 84.2. The molecule has 3 N–H and O–H groups in total. The van der Waals surface area contributed by atoms with Gasteiger partial charge in [-0.3, -0.25) is 37.3 Å². The first kappa shape index (κ1) is 96.9. The van der Waals surface area contributed by atoms with Gasteiger partial charge in [-0.1, -0.05) is 283 Å². The van der Waals surface area contributed by atoms with Gasteiger partial charge < -0.3 is 33.8 Å². The number of allylic oxidation sites excluding steroid dienone is 24. The number of esters is 4. The molecule has 0 aromatic carbocycles. The zero-order valence-electron chi connectivity index (χ0n) is 63.5. The second-order valence-electron chi connectivity index (χ2n) is 25.5. The standard InChI is InChI=1S/C83H138O17P2/c1-5-9-13-17-21-25-29-32-35-37-38-40-43-45-49-52-56-60-64-68-81(86)94-74-79(100-83(88)70-66-62-58-54-50-46-41-34-31-27-23-19-15-11-7-3)76-98-102(91,92)96-72-77(84)71-95-101(89,90)97-75-78(99-82(87)69-65-61-57-53-47-28-24-20-16-12-8-4)73-93-80(85)67-63-59-55-51-48-44-42-39-36-33-30-26-22-18-14-10-6-2/h9-10,13-14,21-23,25-27,32-36,38,40-42,44-45,49,56,60,77-79,84H,5-8,11-12,15-20,24,28-31,37,39,43,46-48,50-55,57-59,61-76H2,1-4H3,(H,89,90)(H,91,92)/b13-9-,14-10-,25-21-,26-22-,27-23-,35-32-,36-33-,40-38-,41-34-,44-42-,49-45-,60-56-. The van der Waals surface area contributed by atoms with Gasteiger partial charge in [-0.25, -0.2) is 9.13 Å². The van der Waals surface area contributed by atoms with E-state index in [1.807, 2.05) is 18.2 Å². The summed E-state index contributed by atoms with van der Waals surface area (Å²) in [6, 6.07) is 0. The van der Waals surface area contributed by atoms with E-state index in [-0.39, 0.29) is 25.7 Å². The Morgan fingerprint density at radius 1 is 0.284 bits per heavy atom. The van der Waals surface area contributed by atoms with Gasteiger partial charge in [-0.05, 0) is 135 Å². The maximum absolute atomic E-state index is 13.1. The van der Waals surface area contributed by atoms with E-state index in [1.54, 1.807) is 0 Å². The highest BCUT2D eigenvalue weighted by molar-refractivity contribution is 7.47. The van der Waals surface area contributed by atoms with Gasteiger partial charge in [0.2, 0.25) is 0 Å². The van der Waals surface area contributed by atoms with Gasteiger partial charge in [0.15, 0.2) is 12.2 Å². The third-order valence-corrected chi connectivity index (χ3v) is 17.7. The van der Waals surface area contributed by atoms with Gasteiger partial charge in [0.1, 0.15) is 19.3 Å². The van der Waals surface area contributed by atoms with E-state index < -0.39 is 97.5 Å². The molecule has 0 aliphatic rings. The Morgan fingerprint density at radius 2 is 0.529 bits per heavy atom. The van der Waals surface area contributed by atoms with Crippen LogP contribution in [0.5, 0.6) is 0 Å². The molecule has 0 heterocycles. The lowest BCUT2D eigenvalue weighted by Crippen LogP contribution is -2.30. The SMILES string of the molecule is CC/C=C\C/C=C\C/C=C\C/C=C\C/C=C\C/C=C\CCC(=O)OCC(COP(=O)(O)OCC(O)COP(=O)(O)OCC(COC(=O)CCCCCC/C=C\C/C=C\C/C=C\C/C=C\CC)OC(=O)CCCCCCCCCCCCC)OC(=O)CCCCCCC/C=C\C/C=C\CCCCC. The van der Waals surface area contributed by atoms with Crippen LogP contribution in [0.25, 0.3) is 0 Å². The van der Waals surface area contributed by atoms with Crippen LogP contribution in [0.4, 0.5) is 0 Å². The van der Waals surface area contributed by atoms with Crippen molar-refractivity contribution in [3.8, 4) is 0 Å². The van der Waals surface area contributed by atoms with Crippen molar-refractivity contribution in [2.24, 2.45) is 0 Å². The minimum atomic E-state index is -5.00. The van der Waals surface area contributed by atoms with E-state index in [9.17, 15) is 43.2 Å². The fraction of sp³-hybridized carbons (Fsp3) is 0.663. The topological polar surface area (TPSA) is 237 Å². The van der Waals surface area contributed by atoms with Crippen molar-refractivity contribution in [3.05, 3.63) is 146 Å². The van der Waals surface area contributed by atoms with Crippen molar-refractivity contribution >= 4 is 39.5 Å². The van der Waals surface area contributed by atoms with Crippen LogP contribution in [0.15, 0.2) is 146 Å². The number of carbonyl (C=O) groups is 4. The number of phosphoric acid groups is 2. The molecule has 0 amide bonds. The second kappa shape index (κ2) is 74.2. The molecule has 17 nitrogen and oxygen atoms in total. The molecule has 0 rings (SSSR count). The summed E-state index contributed by atoms with van der Waals surface area (Å²) in [4.78, 5) is 72.9. The van der Waals surface area contributed by atoms with Crippen molar-refractivity contribution in [2.75, 3.05) is 39.6 Å². The summed E-state index contributed by atoms with van der Waals surface area (Å²) >= 11 is 0. The third kappa shape index (κ3) is 73.3. The lowest BCUT2D eigenvalue weighted by molar-refractivity contribution is -0.161. The largest absolute Gasteiger partial charge is 0.472 e. The summed E-state index contributed by atoms with van der Waals surface area (Å²) in [5.74, 6) is -2.32. The minimum Gasteiger partial charge on any atom is -0.462 e. The van der Waals surface area contributed by atoms with E-state index in [1.165, 1.54) is 57.8 Å². The first-order valence-electron chi connectivity index (χ1n) is 39.1. The van der Waals surface area contributed by atoms with Crippen molar-refractivity contribution < 1.29 is 80.2 Å². The quantitative estimate of drug-likeness (QED) is 0.0169. The van der Waals surface area contributed by atoms with Crippen molar-refractivity contribution in [3.63, 3.8) is 0 Å². The molecule has 0 aromatic heterocycles. The third-order valence-electron chi connectivity index (χ3n) is 15.8. The van der Waals surface area contributed by atoms with Crippen molar-refractivity contribution in [1.82, 2.24) is 0 Å². The number of carbonyl (C=O) groups excluding carboxylic acids is 4. The highest BCUT2D eigenvalue weighted by Gasteiger charge is 2.30. The average molecular weight is 1470 g/mol. The number of aliphatic hydroxyl groups is 1. The van der Waals surface area contributed by atoms with E-state index in [2.05, 4.69) is 155 Å². The van der Waals surface area contributed by atoms with Crippen LogP contribution >= 0.6 is 15.6 Å². The van der Waals surface area contributed by atoms with Crippen LogP contribution in [0.1, 0.15) is 297 Å². The number of hydrogen-bond donors (Lipinski definition) is 3. The highest BCUT2D eigenvalue weighted by Crippen LogP contribution is 2.45. The molecule has 5 atom stereocenters. The van der Waals surface area contributed by atoms with Crippen LogP contribution in [0, 0.1) is 0 Å². The average Bonchev–Trinajstić information content (AvgIpc) is 0.939. The Kier molecular flexibility index (Phi) is 70.5. The van der Waals surface area contributed by atoms with E-state index in [0.717, 1.165) is 154 Å². The van der Waals surface area contributed by atoms with Gasteiger partial charge in [-0.15, -0.1) is 0 Å². The number of rotatable bonds is 72. The fourth-order valence-corrected chi connectivity index (χ4v) is 11.5. The fourth-order valence-electron chi connectivity index (χ4n) is 9.91. The molecule has 0 saturated heterocycles. The lowest BCUT2D eigenvalue weighted by atomic mass is 10.1. The Labute approximate surface area is 617 Å². The molecule has 5 unspecified atom stereocenters. The normalized spacial score (nSPS) is 14.7. The van der Waals surface area contributed by atoms with Gasteiger partial charge in [-0.2, -0.15) is 0 Å². The molecule has 0 fully saturated rings. The monoisotopic (exact) mass is 1470 g/mol. The van der Waals surface area contributed by atoms with Crippen LogP contribution in [-0.2, 0) is 65.4 Å². The molecule has 0 aromatic rings. The van der Waals surface area contributed by atoms with Gasteiger partial charge in [0, 0.05) is 25.7 Å². The number of phosphoric ester groups is 2. The Morgan fingerprint density at radius 3 is 0.863 bits per heavy atom. The first-order chi connectivity index (χ1) is 49.7. The molecular weight excluding hydrogens is 1330 g/mol. The Hall–Kier alpha value is -5.06. The van der Waals surface area contributed by atoms with Crippen LogP contribution in [-0.4, -0.2) is 96.7 Å². The van der Waals surface area contributed by atoms with Crippen LogP contribution < -0.4 is 0 Å². The number of unbranched alkanes of at least 4 members (excludes halogenated alkanes) is 22. The van der Waals surface area contributed by atoms with Crippen molar-refractivity contribution in [2.45, 2.75) is 316 Å². The van der Waals surface area contributed by atoms with Gasteiger partial charge in [0.25, 0.3) is 0 Å². The van der Waals surface area contributed by atoms with E-state index in [0.29, 0.717) is 32.1 Å². The molecule has 102 heavy (non-hydrogen) atoms. The Bertz CT molecular complexity index is 2510. The second-order valence-corrected chi connectivity index (χ2v) is 28.4. The molecule has 0 radical (unpaired) electrons. The van der Waals surface area contributed by atoms with E-state index in [4.69, 9.17) is 37.0 Å². The maximum Gasteiger partial charge on any atom is 0.472 e. The van der Waals surface area contributed by atoms with E-state index >= 15 is 0 Å². The lowest BCUT2D eigenvalue weighted by Gasteiger charge is -2.21. The number of ether oxygens (including phenoxy) is 4. The van der Waals surface area contributed by atoms with Crippen molar-refractivity contribution in [1.29, 1.82) is 0 Å². The molecule has 19 heteroatoms. The predicted molar refractivity (Wildman–Crippen MR) is 417 cm³/mol. The van der Waals surface area contributed by atoms with Crippen LogP contribution in [0.2, 0.25) is 0 Å². The molecule has 582 valence electrons. The molecule has 0 aliphatic carbocycles. The molecule has 0 saturated carbocycles. The number of hydrogen-bond acceptors (Lipinski definition) is 15. The zero-order valence-corrected chi connectivity index (χ0v) is 65.3. The first-order valence-corrected chi connectivity index (χ1v) is 42.1. The summed E-state index contributed by atoms with van der Waals surface area (Å²) in [5.41, 5.74) is 0. The van der Waals surface area contributed by atoms with Gasteiger partial charge >= 0.3 is 39.5 Å². The minimum absolute atomic E-state index is 0.0294. The zero-order chi connectivity index (χ0) is 74.6. The molecular formula is C83H138O17P2. The highest BCUT2D eigenvalue weighted by atomic mass is 31.2. The summed E-state index contributed by atoms with van der Waals surface area (Å²) in [6.45, 7) is 4.48. The molecule has 0 aliphatic heterocycles.